The van der Waals surface area contributed by atoms with Crippen molar-refractivity contribution in [2.75, 3.05) is 63.4 Å². The predicted octanol–water partition coefficient (Wildman–Crippen LogP) is -5.27. The molecular weight excluding hydrogens is 1660 g/mol. The number of aryl methyl sites for hydroxylation is 8. The fraction of sp³-hybridized carbons (Fsp3) is 0.278. The Hall–Kier alpha value is -9.75. The zero-order valence-electron chi connectivity index (χ0n) is 53.1. The quantitative estimate of drug-likeness (QED) is 0.0269. The smallest absolute Gasteiger partial charge is 1.00 e. The minimum atomic E-state index is -1.14. The van der Waals surface area contributed by atoms with Crippen molar-refractivity contribution in [1.82, 2.24) is 92.0 Å². The van der Waals surface area contributed by atoms with Crippen LogP contribution < -0.4 is 114 Å². The molecule has 8 heterocycles. The van der Waals surface area contributed by atoms with Crippen molar-refractivity contribution in [3.8, 4) is 5.75 Å². The van der Waals surface area contributed by atoms with E-state index in [-0.39, 0.29) is 204 Å². The molecule has 0 fully saturated rings. The summed E-state index contributed by atoms with van der Waals surface area (Å²) >= 11 is 0. The number of amides is 10. The second-order valence-electron chi connectivity index (χ2n) is 20.2. The fourth-order valence-corrected chi connectivity index (χ4v) is 9.05. The Morgan fingerprint density at radius 1 is 0.458 bits per heavy atom. The van der Waals surface area contributed by atoms with Crippen LogP contribution in [0.4, 0.5) is 40.1 Å². The summed E-state index contributed by atoms with van der Waals surface area (Å²) < 4.78 is 11.5. The molecule has 42 heteroatoms. The molecule has 0 saturated heterocycles. The number of nitrogens with two attached hydrogens (primary N) is 2. The van der Waals surface area contributed by atoms with Crippen molar-refractivity contribution in [3.05, 3.63) is 126 Å². The van der Waals surface area contributed by atoms with E-state index in [1.165, 1.54) is 125 Å². The number of imidazole rings is 3. The van der Waals surface area contributed by atoms with Gasteiger partial charge < -0.3 is 156 Å². The van der Waals surface area contributed by atoms with Gasteiger partial charge in [0, 0.05) is 145 Å². The van der Waals surface area contributed by atoms with Crippen LogP contribution in [0.15, 0.2) is 80.0 Å². The summed E-state index contributed by atoms with van der Waals surface area (Å²) in [7, 11) is 12.6. The fourth-order valence-electron chi connectivity index (χ4n) is 9.05. The first kappa shape index (κ1) is 86.2. The van der Waals surface area contributed by atoms with Gasteiger partial charge in [0.25, 0.3) is 47.3 Å². The number of nitrogens with zero attached hydrogens (tertiary/aromatic N) is 11. The maximum Gasteiger partial charge on any atom is 2.00 e. The SMILES string of the molecule is Cn1cc(NC(=O)c2cc(NC(=O)c3cc(NC(=O)c4nc(NC(=O)C(N)CCNC(=O)c5cc(NC(=O)c6c(O)c(NC(=O)c7nc(NC(=O)c8nccn8C)cn7C)cn6C)cn5C)cn4C)cn3C)cn2C)cc1C(=O)NCCC(=O)NCCN.N.N.N.N.[Cl-].[Cl-].[Pt+2].[Pt+2]. The average Bonchev–Trinajstić information content (AvgIpc) is 1.67. The molecule has 0 radical (unpaired) electrons. The van der Waals surface area contributed by atoms with Crippen molar-refractivity contribution in [2.24, 2.45) is 67.8 Å². The van der Waals surface area contributed by atoms with Crippen molar-refractivity contribution < 1.29 is 120 Å². The molecule has 96 heavy (non-hydrogen) atoms. The van der Waals surface area contributed by atoms with Crippen LogP contribution in [0.3, 0.4) is 0 Å². The molecule has 0 aliphatic carbocycles. The normalized spacial score (nSPS) is 10.4. The number of halogens is 2. The zero-order valence-corrected chi connectivity index (χ0v) is 59.2. The Kier molecular flexibility index (Phi) is 33.6. The Labute approximate surface area is 589 Å². The van der Waals surface area contributed by atoms with Gasteiger partial charge in [-0.3, -0.25) is 47.9 Å². The molecule has 0 saturated carbocycles. The van der Waals surface area contributed by atoms with Gasteiger partial charge >= 0.3 is 42.1 Å². The van der Waals surface area contributed by atoms with Crippen LogP contribution in [-0.2, 0) is 108 Å². The minimum Gasteiger partial charge on any atom is -1.00 e. The molecule has 8 rings (SSSR count). The van der Waals surface area contributed by atoms with Gasteiger partial charge in [0.05, 0.1) is 28.8 Å². The summed E-state index contributed by atoms with van der Waals surface area (Å²) in [6.07, 6.45) is 13.3. The maximum absolute atomic E-state index is 13.5. The van der Waals surface area contributed by atoms with E-state index in [4.69, 9.17) is 11.5 Å². The molecular formula is C54H77Cl2N27O11Pt2+2. The summed E-state index contributed by atoms with van der Waals surface area (Å²) in [6.45, 7) is 0.668. The molecule has 8 aromatic heterocycles. The Bertz CT molecular complexity index is 4080. The summed E-state index contributed by atoms with van der Waals surface area (Å²) in [4.78, 5) is 143. The first-order valence-electron chi connectivity index (χ1n) is 26.8. The molecule has 526 valence electrons. The van der Waals surface area contributed by atoms with E-state index in [1.54, 1.807) is 47.6 Å². The number of aromatic nitrogens is 11. The van der Waals surface area contributed by atoms with Gasteiger partial charge in [-0.05, 0) is 30.7 Å². The van der Waals surface area contributed by atoms with Gasteiger partial charge in [-0.15, -0.1) is 0 Å². The molecule has 0 aliphatic rings. The van der Waals surface area contributed by atoms with Crippen molar-refractivity contribution in [2.45, 2.75) is 18.9 Å². The predicted molar refractivity (Wildman–Crippen MR) is 339 cm³/mol. The largest absolute Gasteiger partial charge is 2.00 e. The average molecular weight is 1740 g/mol. The van der Waals surface area contributed by atoms with E-state index in [2.05, 4.69) is 68.1 Å². The third-order valence-corrected chi connectivity index (χ3v) is 13.5. The molecule has 10 amide bonds. The van der Waals surface area contributed by atoms with Crippen LogP contribution in [0.25, 0.3) is 0 Å². The van der Waals surface area contributed by atoms with Gasteiger partial charge in [-0.25, -0.2) is 15.0 Å². The number of anilines is 7. The summed E-state index contributed by atoms with van der Waals surface area (Å²) in [5.41, 5.74) is 12.9. The molecule has 0 spiro atoms. The molecule has 1 atom stereocenters. The number of carbonyl (C=O) groups excluding carboxylic acids is 10. The molecule has 8 aromatic rings. The molecule has 0 aliphatic heterocycles. The molecule has 1 unspecified atom stereocenters. The van der Waals surface area contributed by atoms with E-state index in [0.29, 0.717) is 18.8 Å². The first-order valence-corrected chi connectivity index (χ1v) is 26.8. The minimum absolute atomic E-state index is 0. The number of carbonyl (C=O) groups is 10. The molecule has 0 bridgehead atoms. The van der Waals surface area contributed by atoms with Gasteiger partial charge in [0.1, 0.15) is 28.5 Å². The van der Waals surface area contributed by atoms with Crippen molar-refractivity contribution >= 4 is 99.1 Å². The van der Waals surface area contributed by atoms with E-state index in [9.17, 15) is 53.1 Å². The number of aromatic hydroxyl groups is 1. The third kappa shape index (κ3) is 20.6. The van der Waals surface area contributed by atoms with Crippen LogP contribution in [0.1, 0.15) is 97.1 Å². The van der Waals surface area contributed by atoms with Gasteiger partial charge in [-0.1, -0.05) is 0 Å². The third-order valence-electron chi connectivity index (χ3n) is 13.5. The Morgan fingerprint density at radius 2 is 0.865 bits per heavy atom. The van der Waals surface area contributed by atoms with E-state index >= 15 is 0 Å². The van der Waals surface area contributed by atoms with Crippen molar-refractivity contribution in [3.63, 3.8) is 0 Å². The van der Waals surface area contributed by atoms with Gasteiger partial charge in [0.2, 0.25) is 23.5 Å². The van der Waals surface area contributed by atoms with Crippen LogP contribution >= 0.6 is 0 Å². The van der Waals surface area contributed by atoms with E-state index in [0.717, 1.165) is 0 Å². The maximum atomic E-state index is 13.5. The van der Waals surface area contributed by atoms with Gasteiger partial charge in [-0.2, -0.15) is 0 Å². The molecule has 0 aromatic carbocycles. The Balaban J connectivity index is 0.0000113. The monoisotopic (exact) mass is 1740 g/mol. The first-order chi connectivity index (χ1) is 41.8. The molecule has 38 nitrogen and oxygen atoms in total. The molecule has 27 N–H and O–H groups in total. The Morgan fingerprint density at radius 3 is 1.31 bits per heavy atom. The van der Waals surface area contributed by atoms with E-state index < -0.39 is 65.0 Å². The number of hydrogen-bond donors (Lipinski definition) is 17. The van der Waals surface area contributed by atoms with Crippen LogP contribution in [0.5, 0.6) is 5.75 Å². The second kappa shape index (κ2) is 37.4. The summed E-state index contributed by atoms with van der Waals surface area (Å²) in [5, 5.41) is 37.5. The number of nitrogens with one attached hydrogen (secondary N) is 10. The topological polar surface area (TPSA) is 581 Å². The van der Waals surface area contributed by atoms with Crippen LogP contribution in [0.2, 0.25) is 0 Å². The van der Waals surface area contributed by atoms with Crippen molar-refractivity contribution in [1.29, 1.82) is 0 Å². The summed E-state index contributed by atoms with van der Waals surface area (Å²) in [6, 6.07) is 4.63. The van der Waals surface area contributed by atoms with Gasteiger partial charge in [0.15, 0.2) is 28.9 Å². The standard InChI is InChI=1S/C54H65N23O11.2ClH.4H3N.2Pt/c1-70-16-15-58-43(70)52(86)69-39-27-77(8)45(67-39)54(88)65-33-25-75(6)41(42(33)79)51(85)63-30-18-35(72(3)23-30)47(81)59-12-9-32(56)46(80)68-38-26-76(7)44(66-38)53(87)64-31-20-37(74(5)24-31)50(84)62-29-19-36(73(4)22-29)49(83)61-28-17-34(71(2)21-28)48(82)60-13-10-40(78)57-14-11-55;;;;;;;;/h15-27,32,79H,9-14,55-56H2,1-8H3,(H,57,78)(H,59,81)(H,60,82)(H,61,83)(H,62,84)(H,63,85)(H,64,87)(H,65,88)(H,68,80)(H,69,86);2*1H;4*1H3;;/q;;;;;;;2*+2/p-2. The number of hydrogen-bond acceptors (Lipinski definition) is 20. The second-order valence-corrected chi connectivity index (χ2v) is 20.2. The number of rotatable bonds is 24. The van der Waals surface area contributed by atoms with Crippen LogP contribution in [-0.4, -0.2) is 148 Å². The summed E-state index contributed by atoms with van der Waals surface area (Å²) in [5.74, 6) is -6.38. The zero-order chi connectivity index (χ0) is 63.8. The van der Waals surface area contributed by atoms with Crippen LogP contribution in [0, 0.1) is 0 Å². The van der Waals surface area contributed by atoms with E-state index in [1.807, 2.05) is 0 Å².